The van der Waals surface area contributed by atoms with E-state index in [0.717, 1.165) is 21.5 Å². The number of benzene rings is 4. The average molecular weight is 850 g/mol. The fraction of sp³-hybridized carbons (Fsp3) is 0.388. The number of nitrogens with zero attached hydrogens (tertiary/aromatic N) is 1. The number of amides is 1. The van der Waals surface area contributed by atoms with Gasteiger partial charge in [-0.2, -0.15) is 0 Å². The molecule has 0 spiro atoms. The SMILES string of the molecule is C=CCOC(=O)C(N1C(=O)[C@H]([C@H](C)O[Si](C)(C)C(C)(C)C)[C@H]1CC(=O)c1ccc(CO[Si](C)(C)C(C)(C)C)cc1)=P(c1ccccc1)(c1ccccc1)c1ccccc1. The number of Topliss-reactive ketones (excluding diaryl/α,β-unsaturated/α-hetero) is 1. The largest absolute Gasteiger partial charge is 0.457 e. The lowest BCUT2D eigenvalue weighted by Crippen LogP contribution is -2.69. The summed E-state index contributed by atoms with van der Waals surface area (Å²) >= 11 is 0. The molecule has 59 heavy (non-hydrogen) atoms. The van der Waals surface area contributed by atoms with E-state index in [2.05, 4.69) is 74.3 Å². The number of likely N-dealkylation sites (tertiary alicyclic amines) is 1. The van der Waals surface area contributed by atoms with E-state index >= 15 is 9.59 Å². The normalized spacial score (nSPS) is 16.9. The van der Waals surface area contributed by atoms with Gasteiger partial charge in [-0.3, -0.25) is 9.59 Å². The fourth-order valence-electron chi connectivity index (χ4n) is 7.22. The molecule has 0 unspecified atom stereocenters. The maximum Gasteiger partial charge on any atom is 0.356 e. The molecular formula is C49H64NO6PSi2. The molecule has 4 aromatic rings. The van der Waals surface area contributed by atoms with Gasteiger partial charge in [0.25, 0.3) is 0 Å². The average Bonchev–Trinajstić information content (AvgIpc) is 3.19. The lowest BCUT2D eigenvalue weighted by Gasteiger charge is -2.53. The predicted molar refractivity (Wildman–Crippen MR) is 251 cm³/mol. The predicted octanol–water partition coefficient (Wildman–Crippen LogP) is 9.87. The van der Waals surface area contributed by atoms with Crippen LogP contribution in [0, 0.1) is 5.92 Å². The third kappa shape index (κ3) is 9.61. The Labute approximate surface area is 355 Å². The second-order valence-electron chi connectivity index (χ2n) is 18.6. The minimum absolute atomic E-state index is 0.0158. The monoisotopic (exact) mass is 849 g/mol. The summed E-state index contributed by atoms with van der Waals surface area (Å²) in [5, 5.41) is 2.60. The van der Waals surface area contributed by atoms with Crippen molar-refractivity contribution < 1.29 is 28.0 Å². The van der Waals surface area contributed by atoms with E-state index in [1.54, 1.807) is 4.90 Å². The molecule has 0 N–H and O–H groups in total. The van der Waals surface area contributed by atoms with E-state index in [4.69, 9.17) is 13.6 Å². The van der Waals surface area contributed by atoms with Crippen LogP contribution in [-0.4, -0.2) is 63.4 Å². The first-order valence-corrected chi connectivity index (χ1v) is 28.3. The quantitative estimate of drug-likeness (QED) is 0.0279. The lowest BCUT2D eigenvalue weighted by atomic mass is 9.79. The minimum Gasteiger partial charge on any atom is -0.457 e. The number of carbonyl (C=O) groups excluding carboxylic acids is 3. The molecule has 1 saturated heterocycles. The molecule has 0 saturated carbocycles. The summed E-state index contributed by atoms with van der Waals surface area (Å²) in [7, 11) is -4.35. The van der Waals surface area contributed by atoms with Crippen molar-refractivity contribution in [3.05, 3.63) is 139 Å². The molecule has 1 aliphatic rings. The number of ether oxygens (including phenoxy) is 1. The first kappa shape index (κ1) is 46.0. The molecule has 4 aromatic carbocycles. The van der Waals surface area contributed by atoms with Gasteiger partial charge in [-0.1, -0.05) is 169 Å². The van der Waals surface area contributed by atoms with Crippen molar-refractivity contribution >= 4 is 62.5 Å². The van der Waals surface area contributed by atoms with E-state index in [9.17, 15) is 4.79 Å². The zero-order chi connectivity index (χ0) is 43.4. The lowest BCUT2D eigenvalue weighted by molar-refractivity contribution is -0.156. The van der Waals surface area contributed by atoms with Crippen LogP contribution < -0.4 is 15.9 Å². The summed E-state index contributed by atoms with van der Waals surface area (Å²) in [5.41, 5.74) is 1.76. The van der Waals surface area contributed by atoms with E-state index in [-0.39, 0.29) is 40.2 Å². The van der Waals surface area contributed by atoms with Crippen LogP contribution in [0.15, 0.2) is 128 Å². The number of esters is 1. The molecule has 1 amide bonds. The van der Waals surface area contributed by atoms with Crippen LogP contribution >= 0.6 is 6.89 Å². The Balaban J connectivity index is 1.72. The van der Waals surface area contributed by atoms with Crippen LogP contribution in [0.1, 0.15) is 70.8 Å². The molecule has 0 radical (unpaired) electrons. The van der Waals surface area contributed by atoms with Gasteiger partial charge < -0.3 is 18.5 Å². The van der Waals surface area contributed by atoms with Crippen LogP contribution in [0.2, 0.25) is 36.3 Å². The maximum atomic E-state index is 15.2. The molecule has 0 aliphatic carbocycles. The molecule has 0 bridgehead atoms. The molecular weight excluding hydrogens is 786 g/mol. The zero-order valence-corrected chi connectivity index (χ0v) is 39.8. The molecule has 7 nitrogen and oxygen atoms in total. The van der Waals surface area contributed by atoms with E-state index in [0.29, 0.717) is 12.2 Å². The summed E-state index contributed by atoms with van der Waals surface area (Å²) in [6.07, 6.45) is 0.995. The number of β-lactam (4-membered cyclic amide) rings is 1. The highest BCUT2D eigenvalue weighted by Gasteiger charge is 2.57. The van der Waals surface area contributed by atoms with Gasteiger partial charge in [0, 0.05) is 18.9 Å². The van der Waals surface area contributed by atoms with Crippen LogP contribution in [0.4, 0.5) is 0 Å². The molecule has 5 rings (SSSR count). The highest BCUT2D eigenvalue weighted by atomic mass is 31.2. The Morgan fingerprint density at radius 1 is 0.746 bits per heavy atom. The number of hydrogen-bond donors (Lipinski definition) is 0. The third-order valence-corrected chi connectivity index (χ3v) is 25.9. The highest BCUT2D eigenvalue weighted by Crippen LogP contribution is 2.51. The van der Waals surface area contributed by atoms with Gasteiger partial charge in [0.05, 0.1) is 24.7 Å². The standard InChI is InChI=1S/C49H64NO6PSi2/c1-13-33-54-47(53)46(57(39-23-17-14-18-24-39,40-25-19-15-20-26-40)41-27-21-16-22-28-41)50-42(44(45(50)52)36(2)56-59(11,12)49(6,7)8)34-43(51)38-31-29-37(30-32-38)35-55-58(9,10)48(3,4)5/h13-32,36,42,44H,1,33-35H2,2-12H3/t36-,42+,44+/m0/s1. The highest BCUT2D eigenvalue weighted by molar-refractivity contribution is 7.96. The van der Waals surface area contributed by atoms with E-state index < -0.39 is 47.6 Å². The summed E-state index contributed by atoms with van der Waals surface area (Å²) < 4.78 is 19.4. The number of rotatable bonds is 16. The van der Waals surface area contributed by atoms with Gasteiger partial charge in [0.2, 0.25) is 5.91 Å². The zero-order valence-electron chi connectivity index (χ0n) is 37.0. The molecule has 1 aliphatic heterocycles. The number of ketones is 1. The Kier molecular flexibility index (Phi) is 14.2. The summed E-state index contributed by atoms with van der Waals surface area (Å²) in [6.45, 7) is 25.0. The second kappa shape index (κ2) is 18.2. The van der Waals surface area contributed by atoms with Crippen molar-refractivity contribution in [2.75, 3.05) is 6.61 Å². The third-order valence-electron chi connectivity index (χ3n) is 12.6. The molecule has 1 heterocycles. The first-order valence-electron chi connectivity index (χ1n) is 20.7. The van der Waals surface area contributed by atoms with Gasteiger partial charge in [-0.25, -0.2) is 4.79 Å². The van der Waals surface area contributed by atoms with Crippen molar-refractivity contribution in [3.8, 4) is 0 Å². The number of hydrogen-bond acceptors (Lipinski definition) is 6. The molecule has 314 valence electrons. The van der Waals surface area contributed by atoms with Crippen LogP contribution in [0.25, 0.3) is 0 Å². The Bertz CT molecular complexity index is 2050. The summed E-state index contributed by atoms with van der Waals surface area (Å²) in [5.74, 6) is -1.69. The molecule has 1 fully saturated rings. The smallest absolute Gasteiger partial charge is 0.356 e. The van der Waals surface area contributed by atoms with Gasteiger partial charge in [-0.15, -0.1) is 0 Å². The Morgan fingerprint density at radius 3 is 1.63 bits per heavy atom. The molecule has 10 heteroatoms. The van der Waals surface area contributed by atoms with Crippen molar-refractivity contribution in [3.63, 3.8) is 0 Å². The van der Waals surface area contributed by atoms with Crippen molar-refractivity contribution in [2.45, 2.75) is 110 Å². The second-order valence-corrected chi connectivity index (χ2v) is 31.5. The maximum absolute atomic E-state index is 15.2. The van der Waals surface area contributed by atoms with Gasteiger partial charge in [0.1, 0.15) is 12.0 Å². The Morgan fingerprint density at radius 2 is 1.20 bits per heavy atom. The van der Waals surface area contributed by atoms with Crippen LogP contribution in [0.3, 0.4) is 0 Å². The molecule has 0 aromatic heterocycles. The Hall–Kier alpha value is -4.12. The first-order chi connectivity index (χ1) is 27.7. The van der Waals surface area contributed by atoms with Crippen molar-refractivity contribution in [2.24, 2.45) is 5.92 Å². The summed E-state index contributed by atoms with van der Waals surface area (Å²) in [4.78, 5) is 46.4. The van der Waals surface area contributed by atoms with Gasteiger partial charge >= 0.3 is 5.97 Å². The van der Waals surface area contributed by atoms with Crippen molar-refractivity contribution in [1.82, 2.24) is 4.90 Å². The van der Waals surface area contributed by atoms with Crippen LogP contribution in [-0.2, 0) is 29.8 Å². The number of carbonyl (C=O) groups is 3. The fourth-order valence-corrected chi connectivity index (χ4v) is 14.0. The van der Waals surface area contributed by atoms with E-state index in [1.807, 2.05) is 122 Å². The summed E-state index contributed by atoms with van der Waals surface area (Å²) in [6, 6.07) is 36.6. The van der Waals surface area contributed by atoms with Crippen molar-refractivity contribution in [1.29, 1.82) is 0 Å². The minimum atomic E-state index is -3.18. The van der Waals surface area contributed by atoms with Gasteiger partial charge in [0.15, 0.2) is 22.4 Å². The topological polar surface area (TPSA) is 82.1 Å². The molecule has 3 atom stereocenters. The van der Waals surface area contributed by atoms with Gasteiger partial charge in [-0.05, 0) is 64.7 Å². The van der Waals surface area contributed by atoms with E-state index in [1.165, 1.54) is 6.08 Å². The van der Waals surface area contributed by atoms with Crippen LogP contribution in [0.5, 0.6) is 0 Å².